The van der Waals surface area contributed by atoms with Crippen LogP contribution in [0.4, 0.5) is 5.82 Å². The number of nitrogens with zero attached hydrogens (tertiary/aromatic N) is 4. The standard InChI is InChI=1S/C11H13N5O4/c12-9-5-10(14-2-13-9)16(3-15-5)11-6(18)8-7(20-11)4(17)1-19-8/h2-4,6-8,11,17-18H,1H2,(H2,12,13,14)/t4?,6-,7-,8-,11-/m1/s1. The molecule has 0 spiro atoms. The monoisotopic (exact) mass is 279 g/mol. The summed E-state index contributed by atoms with van der Waals surface area (Å²) in [6, 6.07) is 0. The van der Waals surface area contributed by atoms with Crippen molar-refractivity contribution in [3.05, 3.63) is 12.7 Å². The van der Waals surface area contributed by atoms with Gasteiger partial charge in [0.1, 0.15) is 36.3 Å². The number of hydrogen-bond acceptors (Lipinski definition) is 8. The van der Waals surface area contributed by atoms with Crippen LogP contribution in [-0.2, 0) is 9.47 Å². The van der Waals surface area contributed by atoms with Gasteiger partial charge in [-0.2, -0.15) is 0 Å². The van der Waals surface area contributed by atoms with Gasteiger partial charge in [0.05, 0.1) is 12.9 Å². The minimum Gasteiger partial charge on any atom is -0.388 e. The second-order valence-electron chi connectivity index (χ2n) is 4.93. The molecule has 0 saturated carbocycles. The summed E-state index contributed by atoms with van der Waals surface area (Å²) in [5.74, 6) is 0.262. The van der Waals surface area contributed by atoms with Crippen LogP contribution in [-0.4, -0.2) is 60.8 Å². The van der Waals surface area contributed by atoms with E-state index in [4.69, 9.17) is 15.2 Å². The van der Waals surface area contributed by atoms with Crippen molar-refractivity contribution in [3.63, 3.8) is 0 Å². The number of aromatic nitrogens is 4. The summed E-state index contributed by atoms with van der Waals surface area (Å²) in [5, 5.41) is 20.1. The number of aliphatic hydroxyl groups excluding tert-OH is 2. The maximum absolute atomic E-state index is 10.3. The van der Waals surface area contributed by atoms with Crippen molar-refractivity contribution < 1.29 is 19.7 Å². The van der Waals surface area contributed by atoms with Crippen molar-refractivity contribution in [1.82, 2.24) is 19.5 Å². The van der Waals surface area contributed by atoms with E-state index in [1.54, 1.807) is 4.57 Å². The third-order valence-corrected chi connectivity index (χ3v) is 3.75. The molecule has 106 valence electrons. The van der Waals surface area contributed by atoms with Gasteiger partial charge in [0.15, 0.2) is 17.7 Å². The first-order valence-corrected chi connectivity index (χ1v) is 6.23. The fraction of sp³-hybridized carbons (Fsp3) is 0.545. The molecule has 0 bridgehead atoms. The summed E-state index contributed by atoms with van der Waals surface area (Å²) < 4.78 is 12.6. The second kappa shape index (κ2) is 4.09. The molecule has 2 aliphatic heterocycles. The van der Waals surface area contributed by atoms with Gasteiger partial charge >= 0.3 is 0 Å². The predicted molar refractivity (Wildman–Crippen MR) is 65.4 cm³/mol. The van der Waals surface area contributed by atoms with Gasteiger partial charge < -0.3 is 25.4 Å². The van der Waals surface area contributed by atoms with Crippen molar-refractivity contribution in [1.29, 1.82) is 0 Å². The predicted octanol–water partition coefficient (Wildman–Crippen LogP) is -1.57. The summed E-state index contributed by atoms with van der Waals surface area (Å²) in [4.78, 5) is 12.1. The molecule has 0 aliphatic carbocycles. The Hall–Kier alpha value is -1.81. The summed E-state index contributed by atoms with van der Waals surface area (Å²) in [7, 11) is 0. The summed E-state index contributed by atoms with van der Waals surface area (Å²) in [6.07, 6.45) is -0.669. The molecule has 5 atom stereocenters. The molecule has 4 heterocycles. The maximum Gasteiger partial charge on any atom is 0.167 e. The van der Waals surface area contributed by atoms with Gasteiger partial charge in [0, 0.05) is 0 Å². The van der Waals surface area contributed by atoms with Crippen LogP contribution in [0.3, 0.4) is 0 Å². The van der Waals surface area contributed by atoms with Crippen LogP contribution >= 0.6 is 0 Å². The number of ether oxygens (including phenoxy) is 2. The van der Waals surface area contributed by atoms with Gasteiger partial charge in [-0.15, -0.1) is 0 Å². The molecule has 2 aliphatic rings. The van der Waals surface area contributed by atoms with Crippen LogP contribution in [0.2, 0.25) is 0 Å². The van der Waals surface area contributed by atoms with Crippen LogP contribution in [0, 0.1) is 0 Å². The zero-order chi connectivity index (χ0) is 13.9. The molecular formula is C11H13N5O4. The van der Waals surface area contributed by atoms with E-state index in [0.29, 0.717) is 11.2 Å². The van der Waals surface area contributed by atoms with Crippen LogP contribution in [0.5, 0.6) is 0 Å². The Morgan fingerprint density at radius 1 is 1.25 bits per heavy atom. The Labute approximate surface area is 113 Å². The number of aliphatic hydroxyl groups is 2. The molecule has 2 fully saturated rings. The van der Waals surface area contributed by atoms with E-state index in [0.717, 1.165) is 0 Å². The number of hydrogen-bond donors (Lipinski definition) is 3. The Bertz CT molecular complexity index is 661. The summed E-state index contributed by atoms with van der Waals surface area (Å²) in [5.41, 5.74) is 6.64. The van der Waals surface area contributed by atoms with E-state index >= 15 is 0 Å². The van der Waals surface area contributed by atoms with Crippen molar-refractivity contribution in [2.45, 2.75) is 30.6 Å². The molecule has 0 radical (unpaired) electrons. The number of rotatable bonds is 1. The Morgan fingerprint density at radius 3 is 2.90 bits per heavy atom. The van der Waals surface area contributed by atoms with Gasteiger partial charge in [-0.05, 0) is 0 Å². The molecule has 1 unspecified atom stereocenters. The molecule has 2 aromatic heterocycles. The zero-order valence-corrected chi connectivity index (χ0v) is 10.3. The number of imidazole rings is 1. The van der Waals surface area contributed by atoms with E-state index in [-0.39, 0.29) is 12.4 Å². The van der Waals surface area contributed by atoms with Gasteiger partial charge in [0.25, 0.3) is 0 Å². The highest BCUT2D eigenvalue weighted by atomic mass is 16.6. The van der Waals surface area contributed by atoms with Crippen molar-refractivity contribution >= 4 is 17.0 Å². The number of nitrogen functional groups attached to an aromatic ring is 1. The molecule has 4 N–H and O–H groups in total. The second-order valence-corrected chi connectivity index (χ2v) is 4.93. The third-order valence-electron chi connectivity index (χ3n) is 3.75. The minimum atomic E-state index is -0.911. The first kappa shape index (κ1) is 12.0. The van der Waals surface area contributed by atoms with E-state index in [1.807, 2.05) is 0 Å². The van der Waals surface area contributed by atoms with Crippen molar-refractivity contribution in [2.24, 2.45) is 0 Å². The SMILES string of the molecule is Nc1ncnc2c1ncn2[C@@H]1O[C@@H]2C(O)CO[C@@H]2[C@H]1O. The summed E-state index contributed by atoms with van der Waals surface area (Å²) in [6.45, 7) is 0.166. The van der Waals surface area contributed by atoms with E-state index < -0.39 is 30.6 Å². The number of anilines is 1. The molecule has 2 aromatic rings. The molecule has 0 amide bonds. The van der Waals surface area contributed by atoms with Crippen LogP contribution in [0.25, 0.3) is 11.2 Å². The number of fused-ring (bicyclic) bond motifs is 2. The lowest BCUT2D eigenvalue weighted by atomic mass is 10.1. The molecule has 9 heteroatoms. The normalized spacial score (nSPS) is 36.6. The fourth-order valence-electron chi connectivity index (χ4n) is 2.77. The fourth-order valence-corrected chi connectivity index (χ4v) is 2.77. The summed E-state index contributed by atoms with van der Waals surface area (Å²) >= 11 is 0. The van der Waals surface area contributed by atoms with E-state index in [9.17, 15) is 10.2 Å². The van der Waals surface area contributed by atoms with E-state index in [1.165, 1.54) is 12.7 Å². The highest BCUT2D eigenvalue weighted by Gasteiger charge is 2.52. The zero-order valence-electron chi connectivity index (χ0n) is 10.3. The average Bonchev–Trinajstić information content (AvgIpc) is 3.08. The molecular weight excluding hydrogens is 266 g/mol. The highest BCUT2D eigenvalue weighted by Crippen LogP contribution is 2.37. The quantitative estimate of drug-likeness (QED) is 0.571. The lowest BCUT2D eigenvalue weighted by Crippen LogP contribution is -2.31. The molecule has 2 saturated heterocycles. The highest BCUT2D eigenvalue weighted by molar-refractivity contribution is 5.81. The average molecular weight is 279 g/mol. The molecule has 20 heavy (non-hydrogen) atoms. The minimum absolute atomic E-state index is 0.166. The van der Waals surface area contributed by atoms with Crippen LogP contribution in [0.15, 0.2) is 12.7 Å². The lowest BCUT2D eigenvalue weighted by Gasteiger charge is -2.18. The Morgan fingerprint density at radius 2 is 2.10 bits per heavy atom. The van der Waals surface area contributed by atoms with Crippen LogP contribution in [0.1, 0.15) is 6.23 Å². The topological polar surface area (TPSA) is 129 Å². The van der Waals surface area contributed by atoms with E-state index in [2.05, 4.69) is 15.0 Å². The smallest absolute Gasteiger partial charge is 0.167 e. The first-order chi connectivity index (χ1) is 9.66. The Kier molecular flexibility index (Phi) is 2.45. The van der Waals surface area contributed by atoms with Gasteiger partial charge in [-0.1, -0.05) is 0 Å². The van der Waals surface area contributed by atoms with Crippen LogP contribution < -0.4 is 5.73 Å². The van der Waals surface area contributed by atoms with Crippen molar-refractivity contribution in [3.8, 4) is 0 Å². The third kappa shape index (κ3) is 1.48. The first-order valence-electron chi connectivity index (χ1n) is 6.23. The van der Waals surface area contributed by atoms with Gasteiger partial charge in [-0.25, -0.2) is 15.0 Å². The lowest BCUT2D eigenvalue weighted by molar-refractivity contribution is -0.0771. The number of nitrogens with two attached hydrogens (primary N) is 1. The maximum atomic E-state index is 10.3. The largest absolute Gasteiger partial charge is 0.388 e. The molecule has 9 nitrogen and oxygen atoms in total. The van der Waals surface area contributed by atoms with Gasteiger partial charge in [0.2, 0.25) is 0 Å². The van der Waals surface area contributed by atoms with Crippen molar-refractivity contribution in [2.75, 3.05) is 12.3 Å². The van der Waals surface area contributed by atoms with Gasteiger partial charge in [-0.3, -0.25) is 4.57 Å². The molecule has 0 aromatic carbocycles. The molecule has 4 rings (SSSR count). The Balaban J connectivity index is 1.75.